The lowest BCUT2D eigenvalue weighted by atomic mass is 10.1. The standard InChI is InChI=1S/C15H21NO3/c1-11(2)8-10-18-12-3-5-13(6-4-12)19-14-7-9-16-15(14)17/h3-6,11,14H,7-10H2,1-2H3,(H,16,17)/t14-/m1/s1. The molecule has 0 saturated carbocycles. The summed E-state index contributed by atoms with van der Waals surface area (Å²) < 4.78 is 11.2. The Morgan fingerprint density at radius 2 is 1.95 bits per heavy atom. The molecule has 4 nitrogen and oxygen atoms in total. The smallest absolute Gasteiger partial charge is 0.261 e. The molecule has 0 bridgehead atoms. The molecule has 4 heteroatoms. The number of carbonyl (C=O) groups is 1. The maximum absolute atomic E-state index is 11.4. The topological polar surface area (TPSA) is 47.6 Å². The summed E-state index contributed by atoms with van der Waals surface area (Å²) in [6.07, 6.45) is 1.42. The number of benzene rings is 1. The Kier molecular flexibility index (Phi) is 4.66. The molecule has 104 valence electrons. The van der Waals surface area contributed by atoms with Crippen LogP contribution in [0.5, 0.6) is 11.5 Å². The Hall–Kier alpha value is -1.71. The van der Waals surface area contributed by atoms with Gasteiger partial charge in [-0.25, -0.2) is 0 Å². The molecule has 0 aliphatic carbocycles. The van der Waals surface area contributed by atoms with Crippen molar-refractivity contribution >= 4 is 5.91 Å². The van der Waals surface area contributed by atoms with Gasteiger partial charge in [0, 0.05) is 13.0 Å². The van der Waals surface area contributed by atoms with Crippen LogP contribution in [0.25, 0.3) is 0 Å². The molecule has 1 amide bonds. The normalized spacial score (nSPS) is 18.5. The third-order valence-corrected chi connectivity index (χ3v) is 3.06. The van der Waals surface area contributed by atoms with Gasteiger partial charge in [0.15, 0.2) is 6.10 Å². The summed E-state index contributed by atoms with van der Waals surface area (Å²) in [5.41, 5.74) is 0. The highest BCUT2D eigenvalue weighted by Crippen LogP contribution is 2.20. The van der Waals surface area contributed by atoms with Crippen molar-refractivity contribution in [3.05, 3.63) is 24.3 Å². The number of hydrogen-bond acceptors (Lipinski definition) is 3. The van der Waals surface area contributed by atoms with Gasteiger partial charge in [-0.2, -0.15) is 0 Å². The van der Waals surface area contributed by atoms with E-state index in [1.165, 1.54) is 0 Å². The van der Waals surface area contributed by atoms with Crippen LogP contribution in [0.2, 0.25) is 0 Å². The first kappa shape index (κ1) is 13.7. The van der Waals surface area contributed by atoms with Gasteiger partial charge in [-0.15, -0.1) is 0 Å². The Morgan fingerprint density at radius 1 is 1.26 bits per heavy atom. The fourth-order valence-electron chi connectivity index (χ4n) is 1.88. The van der Waals surface area contributed by atoms with Gasteiger partial charge in [0.2, 0.25) is 0 Å². The zero-order valence-corrected chi connectivity index (χ0v) is 11.5. The highest BCUT2D eigenvalue weighted by molar-refractivity contribution is 5.83. The zero-order chi connectivity index (χ0) is 13.7. The van der Waals surface area contributed by atoms with Crippen LogP contribution < -0.4 is 14.8 Å². The first-order valence-electron chi connectivity index (χ1n) is 6.82. The van der Waals surface area contributed by atoms with E-state index in [1.54, 1.807) is 0 Å². The van der Waals surface area contributed by atoms with Crippen LogP contribution >= 0.6 is 0 Å². The predicted octanol–water partition coefficient (Wildman–Crippen LogP) is 2.38. The molecule has 19 heavy (non-hydrogen) atoms. The third-order valence-electron chi connectivity index (χ3n) is 3.06. The van der Waals surface area contributed by atoms with Crippen molar-refractivity contribution < 1.29 is 14.3 Å². The minimum atomic E-state index is -0.354. The molecule has 0 unspecified atom stereocenters. The van der Waals surface area contributed by atoms with Crippen LogP contribution in [-0.4, -0.2) is 25.2 Å². The lowest BCUT2D eigenvalue weighted by molar-refractivity contribution is -0.124. The minimum Gasteiger partial charge on any atom is -0.494 e. The zero-order valence-electron chi connectivity index (χ0n) is 11.5. The van der Waals surface area contributed by atoms with E-state index in [0.29, 0.717) is 18.2 Å². The van der Waals surface area contributed by atoms with Crippen LogP contribution in [0.4, 0.5) is 0 Å². The molecule has 0 aromatic heterocycles. The monoisotopic (exact) mass is 263 g/mol. The Labute approximate surface area is 114 Å². The number of hydrogen-bond donors (Lipinski definition) is 1. The van der Waals surface area contributed by atoms with Gasteiger partial charge in [-0.1, -0.05) is 13.8 Å². The second kappa shape index (κ2) is 6.45. The molecule has 0 spiro atoms. The predicted molar refractivity (Wildman–Crippen MR) is 73.4 cm³/mol. The highest BCUT2D eigenvalue weighted by Gasteiger charge is 2.25. The maximum atomic E-state index is 11.4. The lowest BCUT2D eigenvalue weighted by Gasteiger charge is -2.12. The van der Waals surface area contributed by atoms with Crippen LogP contribution in [0.15, 0.2) is 24.3 Å². The van der Waals surface area contributed by atoms with Gasteiger partial charge in [-0.05, 0) is 36.6 Å². The summed E-state index contributed by atoms with van der Waals surface area (Å²) in [5, 5.41) is 2.75. The van der Waals surface area contributed by atoms with E-state index in [2.05, 4.69) is 19.2 Å². The molecule has 1 aromatic rings. The second-order valence-corrected chi connectivity index (χ2v) is 5.19. The molecule has 1 aliphatic rings. The number of nitrogens with one attached hydrogen (secondary N) is 1. The molecule has 1 aromatic carbocycles. The molecular weight excluding hydrogens is 242 g/mol. The molecule has 1 fully saturated rings. The number of rotatable bonds is 6. The van der Waals surface area contributed by atoms with E-state index in [4.69, 9.17) is 9.47 Å². The quantitative estimate of drug-likeness (QED) is 0.857. The van der Waals surface area contributed by atoms with Crippen molar-refractivity contribution in [3.63, 3.8) is 0 Å². The van der Waals surface area contributed by atoms with Crippen molar-refractivity contribution in [2.24, 2.45) is 5.92 Å². The molecule has 1 saturated heterocycles. The third kappa shape index (κ3) is 4.16. The van der Waals surface area contributed by atoms with E-state index in [0.717, 1.165) is 25.2 Å². The first-order valence-corrected chi connectivity index (χ1v) is 6.82. The van der Waals surface area contributed by atoms with Gasteiger partial charge < -0.3 is 14.8 Å². The van der Waals surface area contributed by atoms with E-state index in [9.17, 15) is 4.79 Å². The van der Waals surface area contributed by atoms with Gasteiger partial charge in [0.05, 0.1) is 6.61 Å². The lowest BCUT2D eigenvalue weighted by Crippen LogP contribution is -2.27. The van der Waals surface area contributed by atoms with E-state index in [1.807, 2.05) is 24.3 Å². The molecule has 1 heterocycles. The Balaban J connectivity index is 1.82. The largest absolute Gasteiger partial charge is 0.494 e. The number of amides is 1. The number of carbonyl (C=O) groups excluding carboxylic acids is 1. The van der Waals surface area contributed by atoms with Crippen molar-refractivity contribution in [2.45, 2.75) is 32.8 Å². The molecule has 1 aliphatic heterocycles. The molecule has 1 atom stereocenters. The fourth-order valence-corrected chi connectivity index (χ4v) is 1.88. The summed E-state index contributed by atoms with van der Waals surface area (Å²) in [6, 6.07) is 7.44. The van der Waals surface area contributed by atoms with Crippen LogP contribution in [0.1, 0.15) is 26.7 Å². The van der Waals surface area contributed by atoms with Crippen LogP contribution in [0, 0.1) is 5.92 Å². The average Bonchev–Trinajstić information content (AvgIpc) is 2.77. The van der Waals surface area contributed by atoms with E-state index in [-0.39, 0.29) is 12.0 Å². The molecule has 2 rings (SSSR count). The first-order chi connectivity index (χ1) is 9.15. The Morgan fingerprint density at radius 3 is 2.53 bits per heavy atom. The van der Waals surface area contributed by atoms with Crippen LogP contribution in [-0.2, 0) is 4.79 Å². The van der Waals surface area contributed by atoms with E-state index >= 15 is 0 Å². The second-order valence-electron chi connectivity index (χ2n) is 5.19. The van der Waals surface area contributed by atoms with Gasteiger partial charge in [-0.3, -0.25) is 4.79 Å². The average molecular weight is 263 g/mol. The van der Waals surface area contributed by atoms with Crippen molar-refractivity contribution in [3.8, 4) is 11.5 Å². The SMILES string of the molecule is CC(C)CCOc1ccc(O[C@@H]2CCNC2=O)cc1. The number of ether oxygens (including phenoxy) is 2. The van der Waals surface area contributed by atoms with Crippen LogP contribution in [0.3, 0.4) is 0 Å². The molecule has 0 radical (unpaired) electrons. The fraction of sp³-hybridized carbons (Fsp3) is 0.533. The summed E-state index contributed by atoms with van der Waals surface area (Å²) in [5.74, 6) is 2.16. The van der Waals surface area contributed by atoms with Crippen molar-refractivity contribution in [1.29, 1.82) is 0 Å². The Bertz CT molecular complexity index is 414. The van der Waals surface area contributed by atoms with Crippen molar-refractivity contribution in [2.75, 3.05) is 13.2 Å². The van der Waals surface area contributed by atoms with Gasteiger partial charge >= 0.3 is 0 Å². The molecular formula is C15H21NO3. The summed E-state index contributed by atoms with van der Waals surface area (Å²) >= 11 is 0. The highest BCUT2D eigenvalue weighted by atomic mass is 16.5. The van der Waals surface area contributed by atoms with E-state index < -0.39 is 0 Å². The maximum Gasteiger partial charge on any atom is 0.261 e. The summed E-state index contributed by atoms with van der Waals surface area (Å²) in [7, 11) is 0. The summed E-state index contributed by atoms with van der Waals surface area (Å²) in [6.45, 7) is 5.77. The minimum absolute atomic E-state index is 0.0303. The van der Waals surface area contributed by atoms with Gasteiger partial charge in [0.1, 0.15) is 11.5 Å². The van der Waals surface area contributed by atoms with Gasteiger partial charge in [0.25, 0.3) is 5.91 Å². The van der Waals surface area contributed by atoms with Crippen molar-refractivity contribution in [1.82, 2.24) is 5.32 Å². The summed E-state index contributed by atoms with van der Waals surface area (Å²) in [4.78, 5) is 11.4. The molecule has 1 N–H and O–H groups in total.